The number of hydrogen-bond donors (Lipinski definition) is 8. The van der Waals surface area contributed by atoms with E-state index in [-0.39, 0.29) is 12.1 Å². The van der Waals surface area contributed by atoms with Crippen LogP contribution in [0, 0.1) is 11.3 Å². The molecule has 0 aromatic heterocycles. The van der Waals surface area contributed by atoms with Crippen LogP contribution in [0.4, 0.5) is 0 Å². The number of halogens is 1. The van der Waals surface area contributed by atoms with Crippen LogP contribution in [0.1, 0.15) is 19.8 Å². The minimum absolute atomic E-state index is 0.0425. The smallest absolute Gasteiger partial charge is 0.114 e. The van der Waals surface area contributed by atoms with Crippen LogP contribution >= 0.6 is 15.9 Å². The number of piperidine rings is 1. The Kier molecular flexibility index (Phi) is 7.51. The zero-order valence-electron chi connectivity index (χ0n) is 15.5. The summed E-state index contributed by atoms with van der Waals surface area (Å²) in [5.41, 5.74) is 20.6. The molecule has 2 rings (SSSR count). The monoisotopic (exact) mass is 426 g/mol. The van der Waals surface area contributed by atoms with Gasteiger partial charge in [0.15, 0.2) is 0 Å². The first-order valence-electron chi connectivity index (χ1n) is 8.89. The molecule has 2 heterocycles. The van der Waals surface area contributed by atoms with Crippen molar-refractivity contribution in [1.29, 1.82) is 5.41 Å². The third-order valence-corrected chi connectivity index (χ3v) is 5.89. The second kappa shape index (κ2) is 9.40. The maximum Gasteiger partial charge on any atom is 0.114 e. The summed E-state index contributed by atoms with van der Waals surface area (Å²) in [5, 5.41) is 21.1. The van der Waals surface area contributed by atoms with Crippen molar-refractivity contribution in [1.82, 2.24) is 21.3 Å². The maximum atomic E-state index is 7.82. The molecule has 11 N–H and O–H groups in total. The highest BCUT2D eigenvalue weighted by atomic mass is 79.9. The first kappa shape index (κ1) is 20.8. The second-order valence-electron chi connectivity index (χ2n) is 6.71. The lowest BCUT2D eigenvalue weighted by atomic mass is 9.86. The van der Waals surface area contributed by atoms with Crippen molar-refractivity contribution in [3.05, 3.63) is 33.5 Å². The molecule has 0 radical (unpaired) electrons. The van der Waals surface area contributed by atoms with Gasteiger partial charge in [-0.05, 0) is 47.2 Å². The van der Waals surface area contributed by atoms with Crippen molar-refractivity contribution >= 4 is 21.6 Å². The lowest BCUT2D eigenvalue weighted by Crippen LogP contribution is -2.53. The van der Waals surface area contributed by atoms with E-state index in [2.05, 4.69) is 37.2 Å². The Labute approximate surface area is 163 Å². The Bertz CT molecular complexity index is 616. The summed E-state index contributed by atoms with van der Waals surface area (Å²) in [6.45, 7) is 3.39. The molecule has 0 spiro atoms. The topological polar surface area (TPSA) is 150 Å². The third kappa shape index (κ3) is 4.59. The molecule has 2 aliphatic heterocycles. The summed E-state index contributed by atoms with van der Waals surface area (Å²) >= 11 is 3.64. The second-order valence-corrected chi connectivity index (χ2v) is 7.56. The van der Waals surface area contributed by atoms with Crippen LogP contribution < -0.4 is 38.5 Å². The molecule has 2 aliphatic rings. The van der Waals surface area contributed by atoms with Gasteiger partial charge in [-0.3, -0.25) is 0 Å². The molecule has 8 nitrogen and oxygen atoms in total. The predicted molar refractivity (Wildman–Crippen MR) is 110 cm³/mol. The number of nitrogens with two attached hydrogens (primary N) is 3. The molecule has 1 saturated heterocycles. The summed E-state index contributed by atoms with van der Waals surface area (Å²) in [6.07, 6.45) is 3.81. The highest BCUT2D eigenvalue weighted by Gasteiger charge is 2.34. The Morgan fingerprint density at radius 3 is 2.58 bits per heavy atom. The van der Waals surface area contributed by atoms with Crippen molar-refractivity contribution in [2.24, 2.45) is 23.1 Å². The fourth-order valence-electron chi connectivity index (χ4n) is 3.47. The highest BCUT2D eigenvalue weighted by molar-refractivity contribution is 9.11. The summed E-state index contributed by atoms with van der Waals surface area (Å²) in [5.74, 6) is 1.74. The van der Waals surface area contributed by atoms with Gasteiger partial charge in [0.2, 0.25) is 0 Å². The highest BCUT2D eigenvalue weighted by Crippen LogP contribution is 2.30. The van der Waals surface area contributed by atoms with E-state index in [1.807, 2.05) is 20.2 Å². The molecule has 3 atom stereocenters. The van der Waals surface area contributed by atoms with E-state index in [0.717, 1.165) is 40.8 Å². The third-order valence-electron chi connectivity index (χ3n) is 4.97. The van der Waals surface area contributed by atoms with E-state index >= 15 is 0 Å². The first-order chi connectivity index (χ1) is 12.4. The van der Waals surface area contributed by atoms with Gasteiger partial charge >= 0.3 is 0 Å². The molecule has 9 heteroatoms. The van der Waals surface area contributed by atoms with Crippen molar-refractivity contribution < 1.29 is 0 Å². The van der Waals surface area contributed by atoms with E-state index in [9.17, 15) is 0 Å². The molecular formula is C17H31BrN8. The largest absolute Gasteiger partial charge is 0.394 e. The van der Waals surface area contributed by atoms with Gasteiger partial charge in [-0.1, -0.05) is 0 Å². The molecule has 0 bridgehead atoms. The first-order valence-corrected chi connectivity index (χ1v) is 9.69. The van der Waals surface area contributed by atoms with Crippen LogP contribution in [0.2, 0.25) is 0 Å². The summed E-state index contributed by atoms with van der Waals surface area (Å²) in [6, 6.07) is 0.214. The molecule has 0 aliphatic carbocycles. The molecule has 0 saturated carbocycles. The predicted octanol–water partition coefficient (Wildman–Crippen LogP) is -0.289. The molecule has 0 aromatic rings. The minimum atomic E-state index is 0.0425. The van der Waals surface area contributed by atoms with Crippen LogP contribution in [0.25, 0.3) is 0 Å². The molecule has 0 aromatic carbocycles. The van der Waals surface area contributed by atoms with Gasteiger partial charge in [-0.25, -0.2) is 0 Å². The lowest BCUT2D eigenvalue weighted by molar-refractivity contribution is 0.298. The number of rotatable bonds is 6. The van der Waals surface area contributed by atoms with Gasteiger partial charge in [0.05, 0.1) is 10.5 Å². The van der Waals surface area contributed by atoms with Crippen molar-refractivity contribution in [3.8, 4) is 0 Å². The van der Waals surface area contributed by atoms with Crippen molar-refractivity contribution in [2.45, 2.75) is 31.8 Å². The van der Waals surface area contributed by atoms with Crippen LogP contribution in [0.5, 0.6) is 0 Å². The quantitative estimate of drug-likeness (QED) is 0.272. The van der Waals surface area contributed by atoms with Crippen LogP contribution in [-0.4, -0.2) is 44.5 Å². The van der Waals surface area contributed by atoms with Crippen LogP contribution in [0.15, 0.2) is 33.5 Å². The summed E-state index contributed by atoms with van der Waals surface area (Å²) in [7, 11) is 1.83. The summed E-state index contributed by atoms with van der Waals surface area (Å²) in [4.78, 5) is 0. The minimum Gasteiger partial charge on any atom is -0.394 e. The zero-order chi connectivity index (χ0) is 19.3. The Balaban J connectivity index is 2.26. The number of hydrogen-bond acceptors (Lipinski definition) is 8. The van der Waals surface area contributed by atoms with Crippen LogP contribution in [0.3, 0.4) is 0 Å². The molecular weight excluding hydrogens is 396 g/mol. The maximum absolute atomic E-state index is 7.82. The summed E-state index contributed by atoms with van der Waals surface area (Å²) < 4.78 is 0.918. The van der Waals surface area contributed by atoms with E-state index in [0.29, 0.717) is 30.5 Å². The average Bonchev–Trinajstić information content (AvgIpc) is 2.64. The average molecular weight is 427 g/mol. The zero-order valence-corrected chi connectivity index (χ0v) is 17.0. The van der Waals surface area contributed by atoms with Gasteiger partial charge in [0.1, 0.15) is 11.6 Å². The molecule has 146 valence electrons. The van der Waals surface area contributed by atoms with E-state index in [4.69, 9.17) is 22.6 Å². The van der Waals surface area contributed by atoms with Gasteiger partial charge in [0.25, 0.3) is 0 Å². The van der Waals surface area contributed by atoms with E-state index < -0.39 is 0 Å². The Hall–Kier alpha value is -1.55. The molecule has 26 heavy (non-hydrogen) atoms. The Morgan fingerprint density at radius 1 is 1.35 bits per heavy atom. The van der Waals surface area contributed by atoms with Gasteiger partial charge < -0.3 is 43.9 Å². The normalized spacial score (nSPS) is 29.0. The van der Waals surface area contributed by atoms with Gasteiger partial charge in [0, 0.05) is 50.2 Å². The molecule has 1 fully saturated rings. The van der Waals surface area contributed by atoms with Crippen LogP contribution in [-0.2, 0) is 0 Å². The molecule has 0 amide bonds. The van der Waals surface area contributed by atoms with Gasteiger partial charge in [-0.2, -0.15) is 0 Å². The lowest BCUT2D eigenvalue weighted by Gasteiger charge is -2.39. The Morgan fingerprint density at radius 2 is 2.08 bits per heavy atom. The standard InChI is InChI=1S/C17H31BrN8/c1-9(21)13-4-3-10(8-24-13)15-14(18)16(22)26-17(25-15)12(6-20)11(5-19)7-23-2/h7,10,13,15,21,23-26H,3-6,8,19-20,22H2,1-2H3/b11-7+,17-12+,21-9?/t10-,13-,15?/m0/s1. The fraction of sp³-hybridized carbons (Fsp3) is 0.588. The van der Waals surface area contributed by atoms with Crippen molar-refractivity contribution in [2.75, 3.05) is 26.7 Å². The molecule has 1 unspecified atom stereocenters. The van der Waals surface area contributed by atoms with Gasteiger partial charge in [-0.15, -0.1) is 0 Å². The number of nitrogens with one attached hydrogen (secondary N) is 5. The SMILES string of the molecule is CN/C=C(CN)/C(CN)=C1/NC(N)=C(Br)C([C@H]2CC[C@@H](C(C)=N)NC2)N1. The fourth-order valence-corrected chi connectivity index (χ4v) is 4.06. The van der Waals surface area contributed by atoms with Crippen molar-refractivity contribution in [3.63, 3.8) is 0 Å². The van der Waals surface area contributed by atoms with E-state index in [1.54, 1.807) is 0 Å². The van der Waals surface area contributed by atoms with E-state index in [1.165, 1.54) is 0 Å².